The molecule has 0 amide bonds. The van der Waals surface area contributed by atoms with Gasteiger partial charge in [-0.05, 0) is 44.0 Å². The number of hydrogen-bond donors (Lipinski definition) is 1. The number of nitrogens with zero attached hydrogens (tertiary/aromatic N) is 1. The molecule has 1 aromatic heterocycles. The zero-order chi connectivity index (χ0) is 12.4. The van der Waals surface area contributed by atoms with Gasteiger partial charge in [-0.3, -0.25) is 4.98 Å². The molecule has 0 aliphatic rings. The van der Waals surface area contributed by atoms with Crippen LogP contribution in [0.1, 0.15) is 39.3 Å². The van der Waals surface area contributed by atoms with Crippen molar-refractivity contribution in [3.05, 3.63) is 36.0 Å². The Bertz CT molecular complexity index is 515. The third kappa shape index (κ3) is 2.57. The van der Waals surface area contributed by atoms with Gasteiger partial charge in [-0.1, -0.05) is 19.9 Å². The normalized spacial score (nSPS) is 11.4. The lowest BCUT2D eigenvalue weighted by atomic mass is 10.1. The van der Waals surface area contributed by atoms with Crippen LogP contribution >= 0.6 is 0 Å². The fourth-order valence-electron chi connectivity index (χ4n) is 1.93. The van der Waals surface area contributed by atoms with E-state index in [4.69, 9.17) is 4.98 Å². The number of nitrogens with one attached hydrogen (secondary N) is 1. The van der Waals surface area contributed by atoms with Crippen LogP contribution in [0.25, 0.3) is 10.9 Å². The van der Waals surface area contributed by atoms with E-state index in [2.05, 4.69) is 63.3 Å². The Labute approximate surface area is 103 Å². The molecule has 0 atom stereocenters. The molecule has 1 N–H and O–H groups in total. The maximum atomic E-state index is 4.70. The minimum absolute atomic E-state index is 0.436. The van der Waals surface area contributed by atoms with Crippen molar-refractivity contribution in [3.8, 4) is 0 Å². The summed E-state index contributed by atoms with van der Waals surface area (Å²) in [6, 6.07) is 11.0. The Balaban J connectivity index is 2.51. The van der Waals surface area contributed by atoms with Crippen molar-refractivity contribution in [2.75, 3.05) is 5.32 Å². The Morgan fingerprint density at radius 3 is 2.41 bits per heavy atom. The molecule has 0 aliphatic carbocycles. The molecule has 0 aliphatic heterocycles. The first kappa shape index (κ1) is 11.9. The van der Waals surface area contributed by atoms with E-state index in [0.717, 1.165) is 11.2 Å². The maximum absolute atomic E-state index is 4.70. The number of aromatic nitrogens is 1. The van der Waals surface area contributed by atoms with Gasteiger partial charge in [0, 0.05) is 22.8 Å². The summed E-state index contributed by atoms with van der Waals surface area (Å²) in [6.45, 7) is 8.64. The van der Waals surface area contributed by atoms with Crippen molar-refractivity contribution in [2.45, 2.75) is 39.7 Å². The number of fused-ring (bicyclic) bond motifs is 1. The van der Waals surface area contributed by atoms with Crippen molar-refractivity contribution in [1.29, 1.82) is 0 Å². The molecule has 17 heavy (non-hydrogen) atoms. The van der Waals surface area contributed by atoms with Crippen LogP contribution in [0.4, 0.5) is 5.69 Å². The number of rotatable bonds is 3. The smallest absolute Gasteiger partial charge is 0.0726 e. The second-order valence-corrected chi connectivity index (χ2v) is 5.06. The molecule has 1 aromatic carbocycles. The molecule has 2 heteroatoms. The highest BCUT2D eigenvalue weighted by molar-refractivity contribution is 5.91. The summed E-state index contributed by atoms with van der Waals surface area (Å²) in [5, 5.41) is 4.66. The van der Waals surface area contributed by atoms with E-state index in [9.17, 15) is 0 Å². The summed E-state index contributed by atoms with van der Waals surface area (Å²) < 4.78 is 0. The lowest BCUT2D eigenvalue weighted by Crippen LogP contribution is -2.10. The molecule has 90 valence electrons. The molecular formula is C15H20N2. The molecule has 1 heterocycles. The first-order valence-electron chi connectivity index (χ1n) is 6.24. The van der Waals surface area contributed by atoms with Crippen LogP contribution in [0.2, 0.25) is 0 Å². The quantitative estimate of drug-likeness (QED) is 0.852. The largest absolute Gasteiger partial charge is 0.382 e. The van der Waals surface area contributed by atoms with Gasteiger partial charge in [-0.15, -0.1) is 0 Å². The monoisotopic (exact) mass is 228 g/mol. The van der Waals surface area contributed by atoms with Gasteiger partial charge in [0.1, 0.15) is 0 Å². The molecule has 0 saturated carbocycles. The summed E-state index contributed by atoms with van der Waals surface area (Å²) in [5.74, 6) is 0.473. The van der Waals surface area contributed by atoms with Crippen molar-refractivity contribution >= 4 is 16.6 Å². The van der Waals surface area contributed by atoms with Crippen LogP contribution in [-0.4, -0.2) is 11.0 Å². The van der Waals surface area contributed by atoms with Crippen molar-refractivity contribution in [2.24, 2.45) is 0 Å². The fraction of sp³-hybridized carbons (Fsp3) is 0.400. The van der Waals surface area contributed by atoms with Gasteiger partial charge >= 0.3 is 0 Å². The van der Waals surface area contributed by atoms with E-state index < -0.39 is 0 Å². The summed E-state index contributed by atoms with van der Waals surface area (Å²) in [4.78, 5) is 4.70. The van der Waals surface area contributed by atoms with Crippen LogP contribution in [0.3, 0.4) is 0 Å². The van der Waals surface area contributed by atoms with Gasteiger partial charge in [-0.25, -0.2) is 0 Å². The lowest BCUT2D eigenvalue weighted by Gasteiger charge is -2.13. The van der Waals surface area contributed by atoms with E-state index in [0.29, 0.717) is 12.0 Å². The molecule has 0 fully saturated rings. The highest BCUT2D eigenvalue weighted by Crippen LogP contribution is 2.24. The van der Waals surface area contributed by atoms with Crippen LogP contribution in [0, 0.1) is 0 Å². The van der Waals surface area contributed by atoms with E-state index in [-0.39, 0.29) is 0 Å². The Kier molecular flexibility index (Phi) is 3.32. The molecule has 0 spiro atoms. The summed E-state index contributed by atoms with van der Waals surface area (Å²) >= 11 is 0. The van der Waals surface area contributed by atoms with E-state index in [1.807, 2.05) is 0 Å². The molecule has 0 unspecified atom stereocenters. The fourth-order valence-corrected chi connectivity index (χ4v) is 1.93. The van der Waals surface area contributed by atoms with Gasteiger partial charge in [0.15, 0.2) is 0 Å². The molecule has 0 bridgehead atoms. The average molecular weight is 228 g/mol. The van der Waals surface area contributed by atoms with Gasteiger partial charge < -0.3 is 5.32 Å². The van der Waals surface area contributed by atoms with Gasteiger partial charge in [-0.2, -0.15) is 0 Å². The molecule has 0 radical (unpaired) electrons. The molecule has 2 nitrogen and oxygen atoms in total. The van der Waals surface area contributed by atoms with Crippen molar-refractivity contribution < 1.29 is 0 Å². The Morgan fingerprint density at radius 2 is 1.76 bits per heavy atom. The minimum atomic E-state index is 0.436. The van der Waals surface area contributed by atoms with Gasteiger partial charge in [0.25, 0.3) is 0 Å². The molecule has 0 saturated heterocycles. The second kappa shape index (κ2) is 4.74. The van der Waals surface area contributed by atoms with Crippen LogP contribution in [-0.2, 0) is 0 Å². The lowest BCUT2D eigenvalue weighted by molar-refractivity contribution is 0.830. The van der Waals surface area contributed by atoms with E-state index >= 15 is 0 Å². The zero-order valence-corrected chi connectivity index (χ0v) is 11.0. The number of anilines is 1. The van der Waals surface area contributed by atoms with Crippen LogP contribution < -0.4 is 5.32 Å². The number of benzene rings is 1. The zero-order valence-electron chi connectivity index (χ0n) is 11.0. The average Bonchev–Trinajstić information content (AvgIpc) is 2.28. The maximum Gasteiger partial charge on any atom is 0.0726 e. The minimum Gasteiger partial charge on any atom is -0.382 e. The highest BCUT2D eigenvalue weighted by atomic mass is 14.9. The van der Waals surface area contributed by atoms with Crippen LogP contribution in [0.5, 0.6) is 0 Å². The van der Waals surface area contributed by atoms with Gasteiger partial charge in [0.2, 0.25) is 0 Å². The number of pyridine rings is 1. The summed E-state index contributed by atoms with van der Waals surface area (Å²) in [6.07, 6.45) is 0. The third-order valence-electron chi connectivity index (χ3n) is 2.79. The van der Waals surface area contributed by atoms with Crippen LogP contribution in [0.15, 0.2) is 30.3 Å². The van der Waals surface area contributed by atoms with Crippen molar-refractivity contribution in [1.82, 2.24) is 4.98 Å². The Morgan fingerprint density at radius 1 is 1.00 bits per heavy atom. The number of hydrogen-bond acceptors (Lipinski definition) is 2. The van der Waals surface area contributed by atoms with Crippen molar-refractivity contribution in [3.63, 3.8) is 0 Å². The highest BCUT2D eigenvalue weighted by Gasteiger charge is 2.06. The predicted octanol–water partition coefficient (Wildman–Crippen LogP) is 4.18. The first-order chi connectivity index (χ1) is 8.08. The predicted molar refractivity (Wildman–Crippen MR) is 74.6 cm³/mol. The molecular weight excluding hydrogens is 208 g/mol. The van der Waals surface area contributed by atoms with E-state index in [1.165, 1.54) is 11.1 Å². The van der Waals surface area contributed by atoms with E-state index in [1.54, 1.807) is 0 Å². The first-order valence-corrected chi connectivity index (χ1v) is 6.24. The third-order valence-corrected chi connectivity index (χ3v) is 2.79. The SMILES string of the molecule is CC(C)Nc1cccc2nc(C(C)C)ccc12. The summed E-state index contributed by atoms with van der Waals surface area (Å²) in [7, 11) is 0. The molecule has 2 rings (SSSR count). The summed E-state index contributed by atoms with van der Waals surface area (Å²) in [5.41, 5.74) is 3.39. The standard InChI is InChI=1S/C15H20N2/c1-10(2)13-9-8-12-14(16-11(3)4)6-5-7-15(12)17-13/h5-11,16H,1-4H3. The Hall–Kier alpha value is -1.57. The van der Waals surface area contributed by atoms with Gasteiger partial charge in [0.05, 0.1) is 5.52 Å². The second-order valence-electron chi connectivity index (χ2n) is 5.06. The topological polar surface area (TPSA) is 24.9 Å². The molecule has 2 aromatic rings.